The second-order valence-corrected chi connectivity index (χ2v) is 5.84. The zero-order valence-electron chi connectivity index (χ0n) is 13.5. The van der Waals surface area contributed by atoms with E-state index in [4.69, 9.17) is 4.74 Å². The molecule has 10 heteroatoms. The van der Waals surface area contributed by atoms with E-state index in [1.54, 1.807) is 13.4 Å². The zero-order chi connectivity index (χ0) is 18.1. The summed E-state index contributed by atoms with van der Waals surface area (Å²) >= 11 is 1.26. The van der Waals surface area contributed by atoms with Crippen LogP contribution in [0.25, 0.3) is 0 Å². The summed E-state index contributed by atoms with van der Waals surface area (Å²) in [6.07, 6.45) is 2.43. The molecule has 0 aliphatic carbocycles. The van der Waals surface area contributed by atoms with Crippen LogP contribution in [0.4, 0.5) is 14.5 Å². The van der Waals surface area contributed by atoms with Gasteiger partial charge in [0.25, 0.3) is 0 Å². The van der Waals surface area contributed by atoms with Crippen molar-refractivity contribution in [3.8, 4) is 5.75 Å². The maximum absolute atomic E-state index is 12.1. The third kappa shape index (κ3) is 6.67. The third-order valence-electron chi connectivity index (χ3n) is 3.02. The molecule has 1 heterocycles. The van der Waals surface area contributed by atoms with Gasteiger partial charge in [-0.15, -0.1) is 10.2 Å². The number of benzene rings is 1. The Morgan fingerprint density at radius 1 is 1.36 bits per heavy atom. The normalized spacial score (nSPS) is 10.9. The van der Waals surface area contributed by atoms with Gasteiger partial charge in [-0.3, -0.25) is 4.79 Å². The summed E-state index contributed by atoms with van der Waals surface area (Å²) in [6, 6.07) is 5.71. The largest absolute Gasteiger partial charge is 0.435 e. The molecule has 0 saturated carbocycles. The van der Waals surface area contributed by atoms with Crippen LogP contribution in [0.15, 0.2) is 35.7 Å². The number of nitrogens with zero attached hydrogens (tertiary/aromatic N) is 3. The van der Waals surface area contributed by atoms with E-state index in [2.05, 4.69) is 20.3 Å². The number of halogens is 2. The van der Waals surface area contributed by atoms with Crippen LogP contribution in [0.5, 0.6) is 5.75 Å². The van der Waals surface area contributed by atoms with Crippen molar-refractivity contribution < 1.29 is 23.0 Å². The highest BCUT2D eigenvalue weighted by atomic mass is 32.2. The molecule has 0 unspecified atom stereocenters. The molecule has 7 nitrogen and oxygen atoms in total. The zero-order valence-corrected chi connectivity index (χ0v) is 14.3. The Morgan fingerprint density at radius 2 is 2.12 bits per heavy atom. The van der Waals surface area contributed by atoms with Gasteiger partial charge in [-0.1, -0.05) is 11.8 Å². The van der Waals surface area contributed by atoms with Crippen molar-refractivity contribution >= 4 is 23.4 Å². The highest BCUT2D eigenvalue weighted by Gasteiger charge is 2.10. The van der Waals surface area contributed by atoms with Gasteiger partial charge in [0.15, 0.2) is 5.16 Å². The van der Waals surface area contributed by atoms with Crippen LogP contribution >= 0.6 is 11.8 Å². The molecule has 2 aromatic rings. The Hall–Kier alpha value is -2.20. The van der Waals surface area contributed by atoms with E-state index in [-0.39, 0.29) is 17.4 Å². The van der Waals surface area contributed by atoms with Crippen molar-refractivity contribution in [3.63, 3.8) is 0 Å². The molecule has 25 heavy (non-hydrogen) atoms. The second kappa shape index (κ2) is 9.94. The number of ether oxygens (including phenoxy) is 2. The van der Waals surface area contributed by atoms with Crippen LogP contribution in [0.1, 0.15) is 6.42 Å². The SMILES string of the molecule is COCCCn1cnnc1SCC(=O)Nc1ccc(OC(F)F)cc1. The predicted molar refractivity (Wildman–Crippen MR) is 88.9 cm³/mol. The summed E-state index contributed by atoms with van der Waals surface area (Å²) < 4.78 is 35.3. The number of rotatable bonds is 10. The molecule has 1 aromatic heterocycles. The number of aromatic nitrogens is 3. The number of amides is 1. The summed E-state index contributed by atoms with van der Waals surface area (Å²) in [4.78, 5) is 12.0. The highest BCUT2D eigenvalue weighted by Crippen LogP contribution is 2.19. The van der Waals surface area contributed by atoms with Crippen LogP contribution in [-0.4, -0.2) is 46.8 Å². The fourth-order valence-corrected chi connectivity index (χ4v) is 2.68. The second-order valence-electron chi connectivity index (χ2n) is 4.89. The van der Waals surface area contributed by atoms with E-state index >= 15 is 0 Å². The number of anilines is 1. The van der Waals surface area contributed by atoms with Gasteiger partial charge >= 0.3 is 6.61 Å². The van der Waals surface area contributed by atoms with Gasteiger partial charge < -0.3 is 19.4 Å². The smallest absolute Gasteiger partial charge is 0.387 e. The molecule has 0 fully saturated rings. The quantitative estimate of drug-likeness (QED) is 0.510. The molecule has 0 bridgehead atoms. The maximum Gasteiger partial charge on any atom is 0.387 e. The molecular weight excluding hydrogens is 354 g/mol. The Bertz CT molecular complexity index is 667. The fraction of sp³-hybridized carbons (Fsp3) is 0.400. The van der Waals surface area contributed by atoms with Crippen LogP contribution in [0, 0.1) is 0 Å². The van der Waals surface area contributed by atoms with Crippen LogP contribution in [0.2, 0.25) is 0 Å². The average Bonchev–Trinajstić information content (AvgIpc) is 3.02. The van der Waals surface area contributed by atoms with Gasteiger partial charge in [0.2, 0.25) is 5.91 Å². The van der Waals surface area contributed by atoms with Crippen LogP contribution < -0.4 is 10.1 Å². The van der Waals surface area contributed by atoms with E-state index in [9.17, 15) is 13.6 Å². The summed E-state index contributed by atoms with van der Waals surface area (Å²) in [5, 5.41) is 11.1. The molecule has 136 valence electrons. The van der Waals surface area contributed by atoms with Crippen molar-refractivity contribution in [2.75, 3.05) is 24.8 Å². The number of alkyl halides is 2. The molecule has 0 aliphatic rings. The Morgan fingerprint density at radius 3 is 2.80 bits per heavy atom. The monoisotopic (exact) mass is 372 g/mol. The van der Waals surface area contributed by atoms with Gasteiger partial charge in [-0.25, -0.2) is 0 Å². The first kappa shape index (κ1) is 19.1. The Labute approximate surface area is 147 Å². The minimum atomic E-state index is -2.88. The lowest BCUT2D eigenvalue weighted by molar-refractivity contribution is -0.113. The van der Waals surface area contributed by atoms with Crippen LogP contribution in [0.3, 0.4) is 0 Å². The van der Waals surface area contributed by atoms with Gasteiger partial charge in [-0.05, 0) is 30.7 Å². The molecular formula is C15H18F2N4O3S. The number of hydrogen-bond acceptors (Lipinski definition) is 6. The summed E-state index contributed by atoms with van der Waals surface area (Å²) in [6.45, 7) is -1.54. The maximum atomic E-state index is 12.1. The summed E-state index contributed by atoms with van der Waals surface area (Å²) in [7, 11) is 1.64. The van der Waals surface area contributed by atoms with Crippen molar-refractivity contribution in [2.45, 2.75) is 24.7 Å². The molecule has 0 spiro atoms. The summed E-state index contributed by atoms with van der Waals surface area (Å²) in [5.41, 5.74) is 0.494. The molecule has 1 N–H and O–H groups in total. The van der Waals surface area contributed by atoms with Crippen molar-refractivity contribution in [3.05, 3.63) is 30.6 Å². The van der Waals surface area contributed by atoms with E-state index < -0.39 is 6.61 Å². The Balaban J connectivity index is 1.80. The lowest BCUT2D eigenvalue weighted by Crippen LogP contribution is -2.14. The molecule has 0 aliphatic heterocycles. The topological polar surface area (TPSA) is 78.3 Å². The van der Waals surface area contributed by atoms with Gasteiger partial charge in [0, 0.05) is 25.9 Å². The summed E-state index contributed by atoms with van der Waals surface area (Å²) in [5.74, 6) is -0.0522. The number of aryl methyl sites for hydroxylation is 1. The lowest BCUT2D eigenvalue weighted by Gasteiger charge is -2.08. The average molecular weight is 372 g/mol. The molecule has 1 aromatic carbocycles. The van der Waals surface area contributed by atoms with Gasteiger partial charge in [0.05, 0.1) is 5.75 Å². The van der Waals surface area contributed by atoms with E-state index in [1.165, 1.54) is 36.0 Å². The Kier molecular flexibility index (Phi) is 7.61. The first-order valence-electron chi connectivity index (χ1n) is 7.42. The van der Waals surface area contributed by atoms with Gasteiger partial charge in [-0.2, -0.15) is 8.78 Å². The molecule has 0 atom stereocenters. The standard InChI is InChI=1S/C15H18F2N4O3S/c1-23-8-2-7-21-10-18-20-15(21)25-9-13(22)19-11-3-5-12(6-4-11)24-14(16)17/h3-6,10,14H,2,7-9H2,1H3,(H,19,22). The van der Waals surface area contributed by atoms with E-state index in [0.29, 0.717) is 24.0 Å². The molecule has 0 saturated heterocycles. The number of nitrogens with one attached hydrogen (secondary N) is 1. The highest BCUT2D eigenvalue weighted by molar-refractivity contribution is 7.99. The first-order valence-corrected chi connectivity index (χ1v) is 8.41. The number of thioether (sulfide) groups is 1. The molecule has 0 radical (unpaired) electrons. The van der Waals surface area contributed by atoms with Crippen molar-refractivity contribution in [1.29, 1.82) is 0 Å². The predicted octanol–water partition coefficient (Wildman–Crippen LogP) is 2.65. The van der Waals surface area contributed by atoms with Crippen molar-refractivity contribution in [2.24, 2.45) is 0 Å². The minimum absolute atomic E-state index is 0.0338. The number of methoxy groups -OCH3 is 1. The van der Waals surface area contributed by atoms with Crippen molar-refractivity contribution in [1.82, 2.24) is 14.8 Å². The van der Waals surface area contributed by atoms with Crippen LogP contribution in [-0.2, 0) is 16.1 Å². The number of carbonyl (C=O) groups is 1. The minimum Gasteiger partial charge on any atom is -0.435 e. The number of hydrogen-bond donors (Lipinski definition) is 1. The van der Waals surface area contributed by atoms with Gasteiger partial charge in [0.1, 0.15) is 12.1 Å². The first-order chi connectivity index (χ1) is 12.1. The lowest BCUT2D eigenvalue weighted by atomic mass is 10.3. The third-order valence-corrected chi connectivity index (χ3v) is 4.00. The number of carbonyl (C=O) groups excluding carboxylic acids is 1. The molecule has 1 amide bonds. The molecule has 2 rings (SSSR count). The fourth-order valence-electron chi connectivity index (χ4n) is 1.94. The van der Waals surface area contributed by atoms with E-state index in [1.807, 2.05) is 4.57 Å². The van der Waals surface area contributed by atoms with E-state index in [0.717, 1.165) is 6.42 Å².